The number of para-hydroxylation sites is 1. The van der Waals surface area contributed by atoms with Crippen LogP contribution in [0.15, 0.2) is 40.9 Å². The highest BCUT2D eigenvalue weighted by molar-refractivity contribution is 5.96. The Morgan fingerprint density at radius 3 is 2.30 bits per heavy atom. The van der Waals surface area contributed by atoms with Crippen LogP contribution in [0, 0.1) is 19.7 Å². The number of hydrogen-bond acceptors (Lipinski definition) is 5. The van der Waals surface area contributed by atoms with Gasteiger partial charge in [0.05, 0.1) is 11.8 Å². The molecule has 0 spiro atoms. The van der Waals surface area contributed by atoms with E-state index in [1.807, 2.05) is 0 Å². The summed E-state index contributed by atoms with van der Waals surface area (Å²) in [6.45, 7) is 4.83. The van der Waals surface area contributed by atoms with Gasteiger partial charge in [-0.2, -0.15) is 5.10 Å². The zero-order chi connectivity index (χ0) is 21.4. The summed E-state index contributed by atoms with van der Waals surface area (Å²) in [5.74, 6) is -0.208. The highest BCUT2D eigenvalue weighted by atomic mass is 19.1. The molecule has 1 aliphatic heterocycles. The lowest BCUT2D eigenvalue weighted by atomic mass is 10.2. The van der Waals surface area contributed by atoms with Crippen LogP contribution in [0.3, 0.4) is 0 Å². The van der Waals surface area contributed by atoms with Crippen molar-refractivity contribution >= 4 is 11.8 Å². The quantitative estimate of drug-likeness (QED) is 0.714. The molecule has 2 aromatic heterocycles. The number of aromatic nitrogens is 2. The van der Waals surface area contributed by atoms with Crippen LogP contribution in [0.4, 0.5) is 4.39 Å². The summed E-state index contributed by atoms with van der Waals surface area (Å²) in [5, 5.41) is 14.3. The lowest BCUT2D eigenvalue weighted by Crippen LogP contribution is -2.50. The van der Waals surface area contributed by atoms with Crippen LogP contribution >= 0.6 is 0 Å². The highest BCUT2D eigenvalue weighted by Crippen LogP contribution is 2.22. The maximum Gasteiger partial charge on any atom is 0.278 e. The van der Waals surface area contributed by atoms with E-state index in [2.05, 4.69) is 5.10 Å². The number of carbonyl (C=O) groups is 2. The maximum atomic E-state index is 14.0. The lowest BCUT2D eigenvalue weighted by molar-refractivity contribution is 0.0529. The first kappa shape index (κ1) is 19.7. The Morgan fingerprint density at radius 2 is 1.70 bits per heavy atom. The molecule has 2 amide bonds. The molecule has 0 radical (unpaired) electrons. The van der Waals surface area contributed by atoms with Crippen molar-refractivity contribution in [3.63, 3.8) is 0 Å². The summed E-state index contributed by atoms with van der Waals surface area (Å²) in [6, 6.07) is 7.66. The molecular formula is C21H21FN4O4. The van der Waals surface area contributed by atoms with Crippen molar-refractivity contribution < 1.29 is 23.5 Å². The number of rotatable bonds is 3. The van der Waals surface area contributed by atoms with Gasteiger partial charge in [-0.15, -0.1) is 0 Å². The van der Waals surface area contributed by atoms with Gasteiger partial charge >= 0.3 is 0 Å². The summed E-state index contributed by atoms with van der Waals surface area (Å²) >= 11 is 0. The average Bonchev–Trinajstić information content (AvgIpc) is 3.28. The third kappa shape index (κ3) is 3.54. The standard InChI is InChI=1S/C21H21FN4O4/c1-13-11-15(14(2)30-13)20(28)24-7-9-25(10-8-24)21(29)19-18(27)12-26(23-19)17-6-4-3-5-16(17)22/h3-6,11-12,27H,7-10H2,1-2H3. The number of aryl methyl sites for hydroxylation is 2. The minimum atomic E-state index is -0.518. The van der Waals surface area contributed by atoms with Gasteiger partial charge in [-0.3, -0.25) is 9.59 Å². The van der Waals surface area contributed by atoms with Gasteiger partial charge in [0.1, 0.15) is 23.0 Å². The van der Waals surface area contributed by atoms with Crippen LogP contribution in [0.1, 0.15) is 32.4 Å². The number of aromatic hydroxyl groups is 1. The first-order valence-corrected chi connectivity index (χ1v) is 9.54. The van der Waals surface area contributed by atoms with E-state index in [9.17, 15) is 19.1 Å². The molecule has 156 valence electrons. The molecule has 4 rings (SSSR count). The molecule has 9 heteroatoms. The van der Waals surface area contributed by atoms with Crippen LogP contribution in [-0.2, 0) is 0 Å². The fourth-order valence-corrected chi connectivity index (χ4v) is 3.55. The smallest absolute Gasteiger partial charge is 0.278 e. The van der Waals surface area contributed by atoms with Gasteiger partial charge in [0.15, 0.2) is 11.4 Å². The Balaban J connectivity index is 1.45. The number of hydrogen-bond donors (Lipinski definition) is 1. The Morgan fingerprint density at radius 1 is 1.07 bits per heavy atom. The fourth-order valence-electron chi connectivity index (χ4n) is 3.55. The summed E-state index contributed by atoms with van der Waals surface area (Å²) in [4.78, 5) is 28.7. The van der Waals surface area contributed by atoms with Gasteiger partial charge in [0.2, 0.25) is 0 Å². The van der Waals surface area contributed by atoms with Gasteiger partial charge in [0, 0.05) is 26.2 Å². The zero-order valence-corrected chi connectivity index (χ0v) is 16.6. The van der Waals surface area contributed by atoms with Crippen LogP contribution in [0.25, 0.3) is 5.69 Å². The molecule has 0 bridgehead atoms. The summed E-state index contributed by atoms with van der Waals surface area (Å²) in [6.07, 6.45) is 1.20. The zero-order valence-electron chi connectivity index (χ0n) is 16.6. The molecule has 8 nitrogen and oxygen atoms in total. The molecule has 1 saturated heterocycles. The second kappa shape index (κ2) is 7.66. The molecule has 1 aromatic carbocycles. The first-order valence-electron chi connectivity index (χ1n) is 9.54. The largest absolute Gasteiger partial charge is 0.504 e. The number of carbonyl (C=O) groups excluding carboxylic acids is 2. The van der Waals surface area contributed by atoms with Gasteiger partial charge in [-0.05, 0) is 32.0 Å². The first-order chi connectivity index (χ1) is 14.3. The molecule has 0 atom stereocenters. The fraction of sp³-hybridized carbons (Fsp3) is 0.286. The minimum absolute atomic E-state index is 0.132. The topological polar surface area (TPSA) is 91.8 Å². The minimum Gasteiger partial charge on any atom is -0.504 e. The van der Waals surface area contributed by atoms with Crippen LogP contribution in [-0.4, -0.2) is 62.7 Å². The van der Waals surface area contributed by atoms with Crippen molar-refractivity contribution in [3.8, 4) is 11.4 Å². The predicted molar refractivity (Wildman–Crippen MR) is 105 cm³/mol. The molecule has 30 heavy (non-hydrogen) atoms. The summed E-state index contributed by atoms with van der Waals surface area (Å²) < 4.78 is 20.5. The third-order valence-corrected chi connectivity index (χ3v) is 5.12. The van der Waals surface area contributed by atoms with E-state index in [1.165, 1.54) is 23.2 Å². The van der Waals surface area contributed by atoms with Gasteiger partial charge in [-0.1, -0.05) is 12.1 Å². The molecule has 0 aliphatic carbocycles. The Bertz CT molecular complexity index is 1110. The van der Waals surface area contributed by atoms with Crippen LogP contribution in [0.2, 0.25) is 0 Å². The molecule has 0 unspecified atom stereocenters. The SMILES string of the molecule is Cc1cc(C(=O)N2CCN(C(=O)c3nn(-c4ccccc4F)cc3O)CC2)c(C)o1. The van der Waals surface area contributed by atoms with E-state index in [4.69, 9.17) is 4.42 Å². The molecule has 3 aromatic rings. The van der Waals surface area contributed by atoms with Crippen molar-refractivity contribution in [1.29, 1.82) is 0 Å². The van der Waals surface area contributed by atoms with E-state index < -0.39 is 11.7 Å². The second-order valence-electron chi connectivity index (χ2n) is 7.17. The number of piperazine rings is 1. The third-order valence-electron chi connectivity index (χ3n) is 5.12. The predicted octanol–water partition coefficient (Wildman–Crippen LogP) is 2.53. The van der Waals surface area contributed by atoms with Gasteiger partial charge in [-0.25, -0.2) is 9.07 Å². The van der Waals surface area contributed by atoms with E-state index in [1.54, 1.807) is 36.9 Å². The number of amides is 2. The van der Waals surface area contributed by atoms with E-state index in [0.29, 0.717) is 43.3 Å². The summed E-state index contributed by atoms with van der Waals surface area (Å²) in [5.41, 5.74) is 0.501. The molecule has 1 fully saturated rings. The Labute approximate surface area is 172 Å². The van der Waals surface area contributed by atoms with E-state index in [0.717, 1.165) is 4.68 Å². The lowest BCUT2D eigenvalue weighted by Gasteiger charge is -2.34. The van der Waals surface area contributed by atoms with Gasteiger partial charge in [0.25, 0.3) is 11.8 Å². The Hall–Kier alpha value is -3.62. The maximum absolute atomic E-state index is 14.0. The van der Waals surface area contributed by atoms with Crippen molar-refractivity contribution in [1.82, 2.24) is 19.6 Å². The van der Waals surface area contributed by atoms with E-state index in [-0.39, 0.29) is 23.0 Å². The number of benzene rings is 1. The molecule has 0 saturated carbocycles. The highest BCUT2D eigenvalue weighted by Gasteiger charge is 2.29. The molecule has 1 aliphatic rings. The van der Waals surface area contributed by atoms with Crippen LogP contribution < -0.4 is 0 Å². The number of nitrogens with zero attached hydrogens (tertiary/aromatic N) is 4. The number of halogens is 1. The molecule has 1 N–H and O–H groups in total. The van der Waals surface area contributed by atoms with Crippen molar-refractivity contribution in [2.75, 3.05) is 26.2 Å². The second-order valence-corrected chi connectivity index (χ2v) is 7.17. The van der Waals surface area contributed by atoms with Crippen molar-refractivity contribution in [2.24, 2.45) is 0 Å². The van der Waals surface area contributed by atoms with Crippen molar-refractivity contribution in [3.05, 3.63) is 65.1 Å². The average molecular weight is 412 g/mol. The molecule has 3 heterocycles. The monoisotopic (exact) mass is 412 g/mol. The molecular weight excluding hydrogens is 391 g/mol. The summed E-state index contributed by atoms with van der Waals surface area (Å²) in [7, 11) is 0. The normalized spacial score (nSPS) is 14.2. The van der Waals surface area contributed by atoms with Crippen molar-refractivity contribution in [2.45, 2.75) is 13.8 Å². The van der Waals surface area contributed by atoms with Crippen LogP contribution in [0.5, 0.6) is 5.75 Å². The van der Waals surface area contributed by atoms with E-state index >= 15 is 0 Å². The number of furan rings is 1. The van der Waals surface area contributed by atoms with Gasteiger partial charge < -0.3 is 19.3 Å². The Kier molecular flexibility index (Phi) is 5.03.